The third-order valence-electron chi connectivity index (χ3n) is 2.06. The van der Waals surface area contributed by atoms with E-state index in [1.54, 1.807) is 0 Å². The summed E-state index contributed by atoms with van der Waals surface area (Å²) in [5, 5.41) is 8.79. The molecule has 2 aromatic rings. The highest BCUT2D eigenvalue weighted by Crippen LogP contribution is 2.15. The summed E-state index contributed by atoms with van der Waals surface area (Å²) >= 11 is 1.30. The summed E-state index contributed by atoms with van der Waals surface area (Å²) < 4.78 is 6.41. The molecule has 88 valence electrons. The van der Waals surface area contributed by atoms with Crippen LogP contribution < -0.4 is 0 Å². The van der Waals surface area contributed by atoms with Crippen molar-refractivity contribution in [1.82, 2.24) is 14.8 Å². The van der Waals surface area contributed by atoms with Crippen molar-refractivity contribution < 1.29 is 9.53 Å². The first kappa shape index (κ1) is 11.7. The number of aromatic nitrogens is 3. The van der Waals surface area contributed by atoms with Gasteiger partial charge in [-0.25, -0.2) is 0 Å². The SMILES string of the molecule is COC(=O)CSc1ccc(-n2cccc2)nn1. The summed E-state index contributed by atoms with van der Waals surface area (Å²) in [4.78, 5) is 10.9. The number of carbonyl (C=O) groups excluding carboxylic acids is 1. The van der Waals surface area contributed by atoms with E-state index in [2.05, 4.69) is 14.9 Å². The van der Waals surface area contributed by atoms with Gasteiger partial charge in [0.2, 0.25) is 0 Å². The molecule has 0 fully saturated rings. The van der Waals surface area contributed by atoms with Gasteiger partial charge in [-0.1, -0.05) is 11.8 Å². The highest BCUT2D eigenvalue weighted by molar-refractivity contribution is 7.99. The van der Waals surface area contributed by atoms with Crippen LogP contribution in [-0.2, 0) is 9.53 Å². The minimum absolute atomic E-state index is 0.244. The highest BCUT2D eigenvalue weighted by atomic mass is 32.2. The molecule has 6 heteroatoms. The van der Waals surface area contributed by atoms with E-state index in [-0.39, 0.29) is 11.7 Å². The lowest BCUT2D eigenvalue weighted by Crippen LogP contribution is -2.04. The van der Waals surface area contributed by atoms with Gasteiger partial charge in [0.1, 0.15) is 5.03 Å². The number of carbonyl (C=O) groups is 1. The summed E-state index contributed by atoms with van der Waals surface area (Å²) in [6.07, 6.45) is 3.79. The lowest BCUT2D eigenvalue weighted by Gasteiger charge is -2.02. The van der Waals surface area contributed by atoms with E-state index in [1.807, 2.05) is 41.2 Å². The first-order chi connectivity index (χ1) is 8.29. The molecule has 5 nitrogen and oxygen atoms in total. The lowest BCUT2D eigenvalue weighted by atomic mass is 10.5. The van der Waals surface area contributed by atoms with E-state index in [0.29, 0.717) is 5.03 Å². The average molecular weight is 249 g/mol. The van der Waals surface area contributed by atoms with Gasteiger partial charge in [-0.15, -0.1) is 10.2 Å². The molecule has 0 N–H and O–H groups in total. The zero-order valence-corrected chi connectivity index (χ0v) is 10.1. The topological polar surface area (TPSA) is 57.0 Å². The Morgan fingerprint density at radius 1 is 1.35 bits per heavy atom. The second-order valence-corrected chi connectivity index (χ2v) is 4.18. The number of rotatable bonds is 4. The zero-order chi connectivity index (χ0) is 12.1. The second-order valence-electron chi connectivity index (χ2n) is 3.18. The predicted octanol–water partition coefficient (Wildman–Crippen LogP) is 1.53. The minimum Gasteiger partial charge on any atom is -0.468 e. The van der Waals surface area contributed by atoms with Gasteiger partial charge in [-0.3, -0.25) is 4.79 Å². The number of ether oxygens (including phenoxy) is 1. The summed E-state index contributed by atoms with van der Waals surface area (Å²) in [5.41, 5.74) is 0. The molecule has 2 heterocycles. The average Bonchev–Trinajstić information content (AvgIpc) is 2.90. The Morgan fingerprint density at radius 3 is 2.71 bits per heavy atom. The first-order valence-corrected chi connectivity index (χ1v) is 5.95. The molecule has 0 bridgehead atoms. The third kappa shape index (κ3) is 3.07. The summed E-state index contributed by atoms with van der Waals surface area (Å²) in [5.74, 6) is 0.720. The molecule has 0 aromatic carbocycles. The number of nitrogens with zero attached hydrogens (tertiary/aromatic N) is 3. The van der Waals surface area contributed by atoms with Crippen molar-refractivity contribution >= 4 is 17.7 Å². The van der Waals surface area contributed by atoms with Crippen LogP contribution in [0.2, 0.25) is 0 Å². The molecule has 2 rings (SSSR count). The van der Waals surface area contributed by atoms with Crippen LogP contribution in [0.3, 0.4) is 0 Å². The van der Waals surface area contributed by atoms with Gasteiger partial charge in [0.05, 0.1) is 12.9 Å². The van der Waals surface area contributed by atoms with Crippen LogP contribution >= 0.6 is 11.8 Å². The molecule has 0 atom stereocenters. The van der Waals surface area contributed by atoms with E-state index in [9.17, 15) is 4.79 Å². The molecular formula is C11H11N3O2S. The quantitative estimate of drug-likeness (QED) is 0.607. The Kier molecular flexibility index (Phi) is 3.77. The normalized spacial score (nSPS) is 10.2. The molecule has 0 aliphatic heterocycles. The van der Waals surface area contributed by atoms with Gasteiger partial charge in [-0.2, -0.15) is 0 Å². The molecule has 0 radical (unpaired) electrons. The van der Waals surface area contributed by atoms with Gasteiger partial charge in [0.15, 0.2) is 5.82 Å². The van der Waals surface area contributed by atoms with Crippen molar-refractivity contribution in [1.29, 1.82) is 0 Å². The fraction of sp³-hybridized carbons (Fsp3) is 0.182. The van der Waals surface area contributed by atoms with Crippen molar-refractivity contribution in [3.05, 3.63) is 36.7 Å². The minimum atomic E-state index is -0.272. The van der Waals surface area contributed by atoms with Crippen molar-refractivity contribution in [3.63, 3.8) is 0 Å². The number of thioether (sulfide) groups is 1. The van der Waals surface area contributed by atoms with Crippen LogP contribution in [0.15, 0.2) is 41.7 Å². The fourth-order valence-electron chi connectivity index (χ4n) is 1.21. The van der Waals surface area contributed by atoms with Crippen LogP contribution in [0.4, 0.5) is 0 Å². The highest BCUT2D eigenvalue weighted by Gasteiger charge is 2.04. The van der Waals surface area contributed by atoms with Crippen molar-refractivity contribution in [3.8, 4) is 5.82 Å². The summed E-state index contributed by atoms with van der Waals surface area (Å²) in [6.45, 7) is 0. The van der Waals surface area contributed by atoms with Crippen molar-refractivity contribution in [2.75, 3.05) is 12.9 Å². The zero-order valence-electron chi connectivity index (χ0n) is 9.24. The van der Waals surface area contributed by atoms with Crippen LogP contribution in [-0.4, -0.2) is 33.6 Å². The molecule has 17 heavy (non-hydrogen) atoms. The van der Waals surface area contributed by atoms with Crippen LogP contribution in [0.5, 0.6) is 0 Å². The third-order valence-corrected chi connectivity index (χ3v) is 2.95. The smallest absolute Gasteiger partial charge is 0.316 e. The fourth-order valence-corrected chi connectivity index (χ4v) is 1.85. The summed E-state index contributed by atoms with van der Waals surface area (Å²) in [7, 11) is 1.36. The van der Waals surface area contributed by atoms with Gasteiger partial charge in [-0.05, 0) is 24.3 Å². The predicted molar refractivity (Wildman–Crippen MR) is 64.1 cm³/mol. The molecule has 0 unspecified atom stereocenters. The van der Waals surface area contributed by atoms with E-state index in [0.717, 1.165) is 5.82 Å². The maximum absolute atomic E-state index is 10.9. The standard InChI is InChI=1S/C11H11N3O2S/c1-16-11(15)8-17-10-5-4-9(12-13-10)14-6-2-3-7-14/h2-7H,8H2,1H3. The molecule has 0 spiro atoms. The first-order valence-electron chi connectivity index (χ1n) is 4.96. The summed E-state index contributed by atoms with van der Waals surface area (Å²) in [6, 6.07) is 7.52. The van der Waals surface area contributed by atoms with Crippen LogP contribution in [0.25, 0.3) is 5.82 Å². The lowest BCUT2D eigenvalue weighted by molar-refractivity contribution is -0.137. The van der Waals surface area contributed by atoms with E-state index in [1.165, 1.54) is 18.9 Å². The Balaban J connectivity index is 2.01. The Hall–Kier alpha value is -1.82. The largest absolute Gasteiger partial charge is 0.468 e. The van der Waals surface area contributed by atoms with Crippen molar-refractivity contribution in [2.45, 2.75) is 5.03 Å². The molecule has 2 aromatic heterocycles. The molecule has 0 aliphatic rings. The van der Waals surface area contributed by atoms with Gasteiger partial charge in [0.25, 0.3) is 0 Å². The maximum Gasteiger partial charge on any atom is 0.316 e. The maximum atomic E-state index is 10.9. The van der Waals surface area contributed by atoms with E-state index < -0.39 is 0 Å². The molecule has 0 saturated carbocycles. The second kappa shape index (κ2) is 5.49. The van der Waals surface area contributed by atoms with E-state index in [4.69, 9.17) is 0 Å². The van der Waals surface area contributed by atoms with Crippen molar-refractivity contribution in [2.24, 2.45) is 0 Å². The van der Waals surface area contributed by atoms with E-state index >= 15 is 0 Å². The molecule has 0 amide bonds. The van der Waals surface area contributed by atoms with Gasteiger partial charge < -0.3 is 9.30 Å². The molecule has 0 aliphatic carbocycles. The van der Waals surface area contributed by atoms with Crippen LogP contribution in [0, 0.1) is 0 Å². The van der Waals surface area contributed by atoms with Gasteiger partial charge in [0, 0.05) is 12.4 Å². The van der Waals surface area contributed by atoms with Crippen LogP contribution in [0.1, 0.15) is 0 Å². The molecular weight excluding hydrogens is 238 g/mol. The Bertz CT molecular complexity index is 482. The number of hydrogen-bond donors (Lipinski definition) is 0. The number of methoxy groups -OCH3 is 1. The Labute approximate surface area is 103 Å². The monoisotopic (exact) mass is 249 g/mol. The van der Waals surface area contributed by atoms with Gasteiger partial charge >= 0.3 is 5.97 Å². The Morgan fingerprint density at radius 2 is 2.12 bits per heavy atom. The number of esters is 1. The number of hydrogen-bond acceptors (Lipinski definition) is 5. The molecule has 0 saturated heterocycles.